The van der Waals surface area contributed by atoms with E-state index in [4.69, 9.17) is 8.83 Å². The number of rotatable bonds is 3. The molecule has 0 amide bonds. The van der Waals surface area contributed by atoms with Crippen molar-refractivity contribution in [2.75, 3.05) is 0 Å². The highest BCUT2D eigenvalue weighted by Gasteiger charge is 2.16. The van der Waals surface area contributed by atoms with Crippen LogP contribution in [0, 0.1) is 0 Å². The molecule has 0 spiro atoms. The molecule has 0 unspecified atom stereocenters. The van der Waals surface area contributed by atoms with E-state index in [1.165, 1.54) is 60.1 Å². The maximum absolute atomic E-state index is 6.44. The third-order valence-corrected chi connectivity index (χ3v) is 10.4. The molecule has 0 bridgehead atoms. The zero-order chi connectivity index (χ0) is 32.8. The van der Waals surface area contributed by atoms with Gasteiger partial charge in [-0.25, -0.2) is 0 Å². The number of benzene rings is 9. The van der Waals surface area contributed by atoms with Crippen molar-refractivity contribution in [2.45, 2.75) is 0 Å². The lowest BCUT2D eigenvalue weighted by atomic mass is 9.91. The second-order valence-corrected chi connectivity index (χ2v) is 13.3. The first-order chi connectivity index (χ1) is 24.7. The van der Waals surface area contributed by atoms with E-state index < -0.39 is 0 Å². The highest BCUT2D eigenvalue weighted by Crippen LogP contribution is 2.41. The summed E-state index contributed by atoms with van der Waals surface area (Å²) in [6.45, 7) is 0. The van der Waals surface area contributed by atoms with Crippen molar-refractivity contribution >= 4 is 76.2 Å². The predicted molar refractivity (Wildman–Crippen MR) is 210 cm³/mol. The topological polar surface area (TPSA) is 26.3 Å². The van der Waals surface area contributed by atoms with Gasteiger partial charge in [-0.3, -0.25) is 0 Å². The fraction of sp³-hybridized carbons (Fsp3) is 0. The van der Waals surface area contributed by atoms with Crippen LogP contribution in [0.3, 0.4) is 0 Å². The predicted octanol–water partition coefficient (Wildman–Crippen LogP) is 13.9. The van der Waals surface area contributed by atoms with Gasteiger partial charge in [-0.1, -0.05) is 121 Å². The molecular formula is C48H28O2. The Morgan fingerprint density at radius 2 is 0.580 bits per heavy atom. The van der Waals surface area contributed by atoms with Crippen LogP contribution in [0.25, 0.3) is 110 Å². The number of fused-ring (bicyclic) bond motifs is 12. The standard InChI is InChI=1S/C48H28O2/c1-2-9-29(10-3-1)32-18-21-45-41(25-32)43-27-48-44(28-47(43)49-45)42-26-34(19-22-46(42)50-48)31-12-8-11-30(23-31)33-17-20-39-37-15-5-4-13-35(37)36-14-6-7-16-38(36)40(39)24-33/h1-28H. The summed E-state index contributed by atoms with van der Waals surface area (Å²) in [5.74, 6) is 0. The average Bonchev–Trinajstić information content (AvgIpc) is 3.73. The fourth-order valence-corrected chi connectivity index (χ4v) is 8.00. The average molecular weight is 637 g/mol. The minimum atomic E-state index is 0.863. The SMILES string of the molecule is c1ccc(-c2ccc3oc4cc5c(cc4c3c2)oc2ccc(-c3cccc(-c4ccc6c7ccccc7c7ccccc7c6c4)c3)cc25)cc1. The largest absolute Gasteiger partial charge is 0.456 e. The van der Waals surface area contributed by atoms with Crippen molar-refractivity contribution in [1.82, 2.24) is 0 Å². The van der Waals surface area contributed by atoms with Crippen LogP contribution < -0.4 is 0 Å². The molecule has 2 aromatic heterocycles. The molecule has 50 heavy (non-hydrogen) atoms. The molecule has 0 fully saturated rings. The van der Waals surface area contributed by atoms with E-state index in [0.717, 1.165) is 49.4 Å². The van der Waals surface area contributed by atoms with Crippen LogP contribution in [0.4, 0.5) is 0 Å². The molecule has 0 aliphatic carbocycles. The molecule has 0 aliphatic heterocycles. The zero-order valence-electron chi connectivity index (χ0n) is 27.0. The molecular weight excluding hydrogens is 609 g/mol. The quantitative estimate of drug-likeness (QED) is 0.180. The molecule has 0 atom stereocenters. The molecule has 0 aliphatic rings. The van der Waals surface area contributed by atoms with E-state index >= 15 is 0 Å². The van der Waals surface area contributed by atoms with Gasteiger partial charge in [0, 0.05) is 21.5 Å². The Morgan fingerprint density at radius 1 is 0.200 bits per heavy atom. The third-order valence-electron chi connectivity index (χ3n) is 10.4. The lowest BCUT2D eigenvalue weighted by Crippen LogP contribution is -1.85. The van der Waals surface area contributed by atoms with Crippen LogP contribution in [-0.4, -0.2) is 0 Å². The molecule has 0 saturated heterocycles. The smallest absolute Gasteiger partial charge is 0.136 e. The van der Waals surface area contributed by atoms with E-state index in [9.17, 15) is 0 Å². The Hall–Kier alpha value is -6.64. The molecule has 9 aromatic carbocycles. The van der Waals surface area contributed by atoms with Crippen LogP contribution in [0.5, 0.6) is 0 Å². The van der Waals surface area contributed by atoms with Crippen molar-refractivity contribution < 1.29 is 8.83 Å². The van der Waals surface area contributed by atoms with Gasteiger partial charge in [0.15, 0.2) is 0 Å². The Kier molecular flexibility index (Phi) is 5.70. The first-order valence-corrected chi connectivity index (χ1v) is 17.1. The fourth-order valence-electron chi connectivity index (χ4n) is 8.00. The van der Waals surface area contributed by atoms with Crippen LogP contribution in [0.15, 0.2) is 179 Å². The van der Waals surface area contributed by atoms with Crippen molar-refractivity contribution in [2.24, 2.45) is 0 Å². The van der Waals surface area contributed by atoms with Gasteiger partial charge >= 0.3 is 0 Å². The van der Waals surface area contributed by atoms with Crippen LogP contribution in [0.2, 0.25) is 0 Å². The summed E-state index contributed by atoms with van der Waals surface area (Å²) in [6, 6.07) is 60.9. The van der Waals surface area contributed by atoms with Crippen LogP contribution >= 0.6 is 0 Å². The Morgan fingerprint density at radius 3 is 1.14 bits per heavy atom. The van der Waals surface area contributed by atoms with Gasteiger partial charge < -0.3 is 8.83 Å². The van der Waals surface area contributed by atoms with Gasteiger partial charge in [-0.15, -0.1) is 0 Å². The molecule has 2 nitrogen and oxygen atoms in total. The summed E-state index contributed by atoms with van der Waals surface area (Å²) in [5.41, 5.74) is 10.5. The van der Waals surface area contributed by atoms with Crippen molar-refractivity contribution in [3.05, 3.63) is 170 Å². The normalized spacial score (nSPS) is 12.0. The second kappa shape index (κ2) is 10.4. The van der Waals surface area contributed by atoms with E-state index in [1.54, 1.807) is 0 Å². The summed E-state index contributed by atoms with van der Waals surface area (Å²) in [5, 5.41) is 12.0. The Labute approximate surface area is 287 Å². The van der Waals surface area contributed by atoms with Gasteiger partial charge in [0.1, 0.15) is 22.3 Å². The molecule has 0 N–H and O–H groups in total. The Bertz CT molecular complexity index is 3110. The van der Waals surface area contributed by atoms with E-state index in [1.807, 2.05) is 6.07 Å². The number of furan rings is 2. The summed E-state index contributed by atoms with van der Waals surface area (Å²) in [6.07, 6.45) is 0. The molecule has 11 aromatic rings. The summed E-state index contributed by atoms with van der Waals surface area (Å²) >= 11 is 0. The Balaban J connectivity index is 1.02. The third kappa shape index (κ3) is 4.09. The van der Waals surface area contributed by atoms with E-state index in [-0.39, 0.29) is 0 Å². The maximum atomic E-state index is 6.44. The van der Waals surface area contributed by atoms with E-state index in [2.05, 4.69) is 164 Å². The first kappa shape index (κ1) is 27.3. The van der Waals surface area contributed by atoms with Crippen molar-refractivity contribution in [3.63, 3.8) is 0 Å². The molecule has 232 valence electrons. The number of hydrogen-bond acceptors (Lipinski definition) is 2. The van der Waals surface area contributed by atoms with Gasteiger partial charge in [-0.2, -0.15) is 0 Å². The lowest BCUT2D eigenvalue weighted by Gasteiger charge is -2.12. The number of hydrogen-bond donors (Lipinski definition) is 0. The second-order valence-electron chi connectivity index (χ2n) is 13.3. The molecule has 2 heterocycles. The first-order valence-electron chi connectivity index (χ1n) is 17.1. The van der Waals surface area contributed by atoms with Gasteiger partial charge in [0.25, 0.3) is 0 Å². The zero-order valence-corrected chi connectivity index (χ0v) is 27.0. The minimum absolute atomic E-state index is 0.863. The molecule has 0 radical (unpaired) electrons. The summed E-state index contributed by atoms with van der Waals surface area (Å²) in [4.78, 5) is 0. The molecule has 11 rings (SSSR count). The molecule has 2 heteroatoms. The van der Waals surface area contributed by atoms with E-state index in [0.29, 0.717) is 0 Å². The summed E-state index contributed by atoms with van der Waals surface area (Å²) in [7, 11) is 0. The van der Waals surface area contributed by atoms with Gasteiger partial charge in [-0.05, 0) is 114 Å². The monoisotopic (exact) mass is 636 g/mol. The molecule has 0 saturated carbocycles. The van der Waals surface area contributed by atoms with Gasteiger partial charge in [0.2, 0.25) is 0 Å². The van der Waals surface area contributed by atoms with Crippen molar-refractivity contribution in [1.29, 1.82) is 0 Å². The lowest BCUT2D eigenvalue weighted by molar-refractivity contribution is 0.664. The van der Waals surface area contributed by atoms with Gasteiger partial charge in [0.05, 0.1) is 0 Å². The van der Waals surface area contributed by atoms with Crippen LogP contribution in [-0.2, 0) is 0 Å². The van der Waals surface area contributed by atoms with Crippen molar-refractivity contribution in [3.8, 4) is 33.4 Å². The minimum Gasteiger partial charge on any atom is -0.456 e. The highest BCUT2D eigenvalue weighted by molar-refractivity contribution is 6.25. The maximum Gasteiger partial charge on any atom is 0.136 e. The summed E-state index contributed by atoms with van der Waals surface area (Å²) < 4.78 is 12.8. The highest BCUT2D eigenvalue weighted by atomic mass is 16.3. The van der Waals surface area contributed by atoms with Crippen LogP contribution in [0.1, 0.15) is 0 Å².